The number of nitrogens with two attached hydrogens (primary N) is 1. The van der Waals surface area contributed by atoms with E-state index in [0.717, 1.165) is 4.88 Å². The van der Waals surface area contributed by atoms with Crippen LogP contribution in [0, 0.1) is 0 Å². The van der Waals surface area contributed by atoms with Crippen molar-refractivity contribution in [2.24, 2.45) is 5.73 Å². The summed E-state index contributed by atoms with van der Waals surface area (Å²) in [5, 5.41) is 1.91. The van der Waals surface area contributed by atoms with Crippen LogP contribution in [0.3, 0.4) is 0 Å². The van der Waals surface area contributed by atoms with Gasteiger partial charge in [-0.05, 0) is 11.4 Å². The summed E-state index contributed by atoms with van der Waals surface area (Å²) in [4.78, 5) is 1.00. The molecule has 0 atom stereocenters. The lowest BCUT2D eigenvalue weighted by Crippen LogP contribution is -2.29. The Balaban J connectivity index is 2.43. The highest BCUT2D eigenvalue weighted by molar-refractivity contribution is 7.89. The molecule has 3 N–H and O–H groups in total. The van der Waals surface area contributed by atoms with Gasteiger partial charge in [-0.2, -0.15) is 0 Å². The quantitative estimate of drug-likeness (QED) is 0.740. The van der Waals surface area contributed by atoms with Crippen LogP contribution in [0.4, 0.5) is 0 Å². The number of sulfonamides is 1. The Hall–Kier alpha value is -0.430. The highest BCUT2D eigenvalue weighted by atomic mass is 32.2. The first-order valence-corrected chi connectivity index (χ1v) is 6.37. The predicted molar refractivity (Wildman–Crippen MR) is 54.0 cm³/mol. The van der Waals surface area contributed by atoms with Gasteiger partial charge in [0.25, 0.3) is 0 Å². The first-order chi connectivity index (χ1) is 6.14. The Morgan fingerprint density at radius 2 is 2.31 bits per heavy atom. The van der Waals surface area contributed by atoms with Crippen molar-refractivity contribution < 1.29 is 8.42 Å². The monoisotopic (exact) mass is 220 g/mol. The molecule has 1 heterocycles. The Bertz CT molecular complexity index is 331. The third kappa shape index (κ3) is 3.86. The van der Waals surface area contributed by atoms with Crippen LogP contribution in [0.5, 0.6) is 0 Å². The highest BCUT2D eigenvalue weighted by Gasteiger charge is 2.07. The van der Waals surface area contributed by atoms with E-state index >= 15 is 0 Å². The zero-order valence-electron chi connectivity index (χ0n) is 7.06. The van der Waals surface area contributed by atoms with Gasteiger partial charge in [-0.25, -0.2) is 13.1 Å². The number of nitrogens with one attached hydrogen (secondary N) is 1. The topological polar surface area (TPSA) is 72.2 Å². The Morgan fingerprint density at radius 3 is 2.85 bits per heavy atom. The lowest BCUT2D eigenvalue weighted by molar-refractivity contribution is 0.581. The molecule has 74 valence electrons. The molecule has 1 aromatic rings. The van der Waals surface area contributed by atoms with Crippen LogP contribution in [0.1, 0.15) is 4.88 Å². The third-order valence-electron chi connectivity index (χ3n) is 1.43. The maximum Gasteiger partial charge on any atom is 0.213 e. The lowest BCUT2D eigenvalue weighted by Gasteiger charge is -2.02. The van der Waals surface area contributed by atoms with E-state index < -0.39 is 10.0 Å². The van der Waals surface area contributed by atoms with Crippen molar-refractivity contribution in [2.75, 3.05) is 12.3 Å². The molecule has 0 unspecified atom stereocenters. The minimum Gasteiger partial charge on any atom is -0.329 e. The smallest absolute Gasteiger partial charge is 0.213 e. The van der Waals surface area contributed by atoms with Crippen molar-refractivity contribution in [2.45, 2.75) is 6.54 Å². The molecule has 0 saturated heterocycles. The van der Waals surface area contributed by atoms with E-state index in [1.807, 2.05) is 17.5 Å². The predicted octanol–water partition coefficient (Wildman–Crippen LogP) is 0.126. The first-order valence-electron chi connectivity index (χ1n) is 3.84. The standard InChI is InChI=1S/C7H12N2O2S2/c8-3-5-13(10,11)9-6-7-2-1-4-12-7/h1-2,4,9H,3,5-6,8H2. The van der Waals surface area contributed by atoms with Crippen LogP contribution >= 0.6 is 11.3 Å². The molecule has 0 spiro atoms. The molecule has 0 bridgehead atoms. The Kier molecular flexibility index (Phi) is 3.86. The van der Waals surface area contributed by atoms with Crippen molar-refractivity contribution in [3.8, 4) is 0 Å². The molecule has 0 aromatic carbocycles. The molecule has 6 heteroatoms. The summed E-state index contributed by atoms with van der Waals surface area (Å²) in [6.07, 6.45) is 0. The third-order valence-corrected chi connectivity index (χ3v) is 3.67. The SMILES string of the molecule is NCCS(=O)(=O)NCc1cccs1. The second-order valence-electron chi connectivity index (χ2n) is 2.51. The molecule has 0 saturated carbocycles. The first kappa shape index (κ1) is 10.6. The molecule has 0 fully saturated rings. The zero-order valence-corrected chi connectivity index (χ0v) is 8.70. The van der Waals surface area contributed by atoms with Gasteiger partial charge in [0.15, 0.2) is 0 Å². The number of hydrogen-bond donors (Lipinski definition) is 2. The van der Waals surface area contributed by atoms with Crippen LogP contribution in [0.2, 0.25) is 0 Å². The van der Waals surface area contributed by atoms with Crippen molar-refractivity contribution in [3.05, 3.63) is 22.4 Å². The largest absolute Gasteiger partial charge is 0.329 e. The molecular weight excluding hydrogens is 208 g/mol. The molecule has 0 aliphatic carbocycles. The van der Waals surface area contributed by atoms with E-state index in [2.05, 4.69) is 4.72 Å². The number of hydrogen-bond acceptors (Lipinski definition) is 4. The van der Waals surface area contributed by atoms with Crippen molar-refractivity contribution in [1.29, 1.82) is 0 Å². The van der Waals surface area contributed by atoms with Crippen LogP contribution < -0.4 is 10.5 Å². The lowest BCUT2D eigenvalue weighted by atomic mass is 10.5. The van der Waals surface area contributed by atoms with Crippen LogP contribution in [0.15, 0.2) is 17.5 Å². The summed E-state index contributed by atoms with van der Waals surface area (Å²) in [6.45, 7) is 0.514. The summed E-state index contributed by atoms with van der Waals surface area (Å²) in [6, 6.07) is 3.77. The van der Waals surface area contributed by atoms with Gasteiger partial charge in [0.05, 0.1) is 5.75 Å². The van der Waals surface area contributed by atoms with E-state index in [4.69, 9.17) is 5.73 Å². The van der Waals surface area contributed by atoms with Gasteiger partial charge in [-0.3, -0.25) is 0 Å². The molecule has 0 radical (unpaired) electrons. The second-order valence-corrected chi connectivity index (χ2v) is 5.47. The van der Waals surface area contributed by atoms with Crippen LogP contribution in [-0.2, 0) is 16.6 Å². The van der Waals surface area contributed by atoms with Gasteiger partial charge in [0.2, 0.25) is 10.0 Å². The summed E-state index contributed by atoms with van der Waals surface area (Å²) in [7, 11) is -3.18. The van der Waals surface area contributed by atoms with Crippen molar-refractivity contribution in [3.63, 3.8) is 0 Å². The minimum absolute atomic E-state index is 0.0155. The summed E-state index contributed by atoms with van der Waals surface area (Å²) >= 11 is 1.52. The van der Waals surface area contributed by atoms with Gasteiger partial charge in [-0.1, -0.05) is 6.07 Å². The van der Waals surface area contributed by atoms with E-state index in [1.54, 1.807) is 0 Å². The van der Waals surface area contributed by atoms with Crippen molar-refractivity contribution >= 4 is 21.4 Å². The van der Waals surface area contributed by atoms with Gasteiger partial charge in [-0.15, -0.1) is 11.3 Å². The molecule has 1 aromatic heterocycles. The second kappa shape index (κ2) is 4.71. The van der Waals surface area contributed by atoms with E-state index in [0.29, 0.717) is 6.54 Å². The summed E-state index contributed by atoms with van der Waals surface area (Å²) < 4.78 is 24.7. The van der Waals surface area contributed by atoms with Gasteiger partial charge in [0.1, 0.15) is 0 Å². The molecule has 0 aliphatic rings. The average molecular weight is 220 g/mol. The number of rotatable bonds is 5. The summed E-state index contributed by atoms with van der Waals surface area (Å²) in [5.41, 5.74) is 5.15. The minimum atomic E-state index is -3.18. The fourth-order valence-electron chi connectivity index (χ4n) is 0.822. The molecular formula is C7H12N2O2S2. The zero-order chi connectivity index (χ0) is 9.73. The normalized spacial score (nSPS) is 11.8. The Morgan fingerprint density at radius 1 is 1.54 bits per heavy atom. The molecule has 4 nitrogen and oxygen atoms in total. The van der Waals surface area contributed by atoms with E-state index in [9.17, 15) is 8.42 Å². The van der Waals surface area contributed by atoms with Gasteiger partial charge < -0.3 is 5.73 Å². The maximum atomic E-state index is 11.1. The van der Waals surface area contributed by atoms with E-state index in [1.165, 1.54) is 11.3 Å². The number of thiophene rings is 1. The summed E-state index contributed by atoms with van der Waals surface area (Å²) in [5.74, 6) is -0.0155. The van der Waals surface area contributed by atoms with Crippen LogP contribution in [-0.4, -0.2) is 20.7 Å². The molecule has 13 heavy (non-hydrogen) atoms. The molecule has 0 aliphatic heterocycles. The highest BCUT2D eigenvalue weighted by Crippen LogP contribution is 2.07. The Labute approximate surface area is 81.8 Å². The average Bonchev–Trinajstić information content (AvgIpc) is 2.52. The molecule has 1 rings (SSSR count). The van der Waals surface area contributed by atoms with Gasteiger partial charge >= 0.3 is 0 Å². The fourth-order valence-corrected chi connectivity index (χ4v) is 2.39. The van der Waals surface area contributed by atoms with Crippen LogP contribution in [0.25, 0.3) is 0 Å². The molecule has 0 amide bonds. The van der Waals surface area contributed by atoms with E-state index in [-0.39, 0.29) is 12.3 Å². The van der Waals surface area contributed by atoms with Gasteiger partial charge in [0, 0.05) is 18.0 Å². The van der Waals surface area contributed by atoms with Crippen molar-refractivity contribution in [1.82, 2.24) is 4.72 Å². The fraction of sp³-hybridized carbons (Fsp3) is 0.429. The maximum absolute atomic E-state index is 11.1.